The van der Waals surface area contributed by atoms with Gasteiger partial charge in [0.15, 0.2) is 18.1 Å². The van der Waals surface area contributed by atoms with Crippen LogP contribution in [0.2, 0.25) is 0 Å². The van der Waals surface area contributed by atoms with Gasteiger partial charge < -0.3 is 23.5 Å². The highest BCUT2D eigenvalue weighted by Gasteiger charge is 2.22. The number of hydrogen-bond acceptors (Lipinski definition) is 9. The molecular formula is C18H17N3O6. The molecule has 0 atom stereocenters. The third kappa shape index (κ3) is 3.81. The molecule has 3 rings (SSSR count). The molecule has 27 heavy (non-hydrogen) atoms. The highest BCUT2D eigenvalue weighted by atomic mass is 16.6. The van der Waals surface area contributed by atoms with Crippen molar-refractivity contribution in [2.75, 3.05) is 21.3 Å². The van der Waals surface area contributed by atoms with E-state index in [0.29, 0.717) is 22.9 Å². The SMILES string of the molecule is COc1ccc(C(=O)OCc2nc(-c3cccnc3)no2)c(OC)c1OC. The van der Waals surface area contributed by atoms with E-state index in [1.54, 1.807) is 30.6 Å². The Morgan fingerprint density at radius 2 is 1.89 bits per heavy atom. The maximum Gasteiger partial charge on any atom is 0.342 e. The number of pyridine rings is 1. The number of methoxy groups -OCH3 is 3. The molecule has 9 heteroatoms. The number of aromatic nitrogens is 3. The van der Waals surface area contributed by atoms with Crippen LogP contribution in [0.15, 0.2) is 41.2 Å². The first kappa shape index (κ1) is 18.2. The van der Waals surface area contributed by atoms with Crippen LogP contribution >= 0.6 is 0 Å². The van der Waals surface area contributed by atoms with Gasteiger partial charge in [-0.05, 0) is 24.3 Å². The van der Waals surface area contributed by atoms with E-state index in [2.05, 4.69) is 15.1 Å². The topological polar surface area (TPSA) is 106 Å². The zero-order chi connectivity index (χ0) is 19.2. The molecular weight excluding hydrogens is 354 g/mol. The summed E-state index contributed by atoms with van der Waals surface area (Å²) < 4.78 is 26.1. The molecule has 0 aliphatic heterocycles. The Balaban J connectivity index is 1.74. The highest BCUT2D eigenvalue weighted by molar-refractivity contribution is 5.94. The molecule has 0 N–H and O–H groups in total. The summed E-state index contributed by atoms with van der Waals surface area (Å²) in [6.07, 6.45) is 3.25. The Morgan fingerprint density at radius 3 is 2.56 bits per heavy atom. The zero-order valence-corrected chi connectivity index (χ0v) is 15.0. The summed E-state index contributed by atoms with van der Waals surface area (Å²) in [6, 6.07) is 6.67. The number of esters is 1. The maximum absolute atomic E-state index is 12.4. The van der Waals surface area contributed by atoms with Crippen molar-refractivity contribution in [1.29, 1.82) is 0 Å². The number of rotatable bonds is 7. The quantitative estimate of drug-likeness (QED) is 0.579. The van der Waals surface area contributed by atoms with Gasteiger partial charge in [-0.2, -0.15) is 4.98 Å². The van der Waals surface area contributed by atoms with E-state index >= 15 is 0 Å². The molecule has 140 valence electrons. The molecule has 0 fully saturated rings. The van der Waals surface area contributed by atoms with Gasteiger partial charge in [-0.15, -0.1) is 0 Å². The summed E-state index contributed by atoms with van der Waals surface area (Å²) in [5, 5.41) is 3.84. The van der Waals surface area contributed by atoms with Crippen LogP contribution < -0.4 is 14.2 Å². The molecule has 0 unspecified atom stereocenters. The van der Waals surface area contributed by atoms with Crippen LogP contribution in [-0.2, 0) is 11.3 Å². The second-order valence-electron chi connectivity index (χ2n) is 5.21. The number of ether oxygens (including phenoxy) is 4. The lowest BCUT2D eigenvalue weighted by molar-refractivity contribution is 0.0425. The van der Waals surface area contributed by atoms with Crippen LogP contribution in [-0.4, -0.2) is 42.4 Å². The Hall–Kier alpha value is -3.62. The van der Waals surface area contributed by atoms with Crippen LogP contribution in [0.1, 0.15) is 16.2 Å². The van der Waals surface area contributed by atoms with E-state index in [9.17, 15) is 4.79 Å². The lowest BCUT2D eigenvalue weighted by Crippen LogP contribution is -2.09. The van der Waals surface area contributed by atoms with Gasteiger partial charge in [-0.3, -0.25) is 4.98 Å². The van der Waals surface area contributed by atoms with Crippen LogP contribution in [0.3, 0.4) is 0 Å². The van der Waals surface area contributed by atoms with Crippen LogP contribution in [0.5, 0.6) is 17.2 Å². The van der Waals surface area contributed by atoms with Crippen molar-refractivity contribution in [3.05, 3.63) is 48.1 Å². The summed E-state index contributed by atoms with van der Waals surface area (Å²) in [5.74, 6) is 0.826. The molecule has 9 nitrogen and oxygen atoms in total. The van der Waals surface area contributed by atoms with Crippen LogP contribution in [0, 0.1) is 0 Å². The Bertz CT molecular complexity index is 926. The molecule has 3 aromatic rings. The average molecular weight is 371 g/mol. The molecule has 0 aliphatic carbocycles. The van der Waals surface area contributed by atoms with Crippen molar-refractivity contribution in [1.82, 2.24) is 15.1 Å². The Kier molecular flexibility index (Phi) is 5.50. The first-order valence-electron chi connectivity index (χ1n) is 7.87. The summed E-state index contributed by atoms with van der Waals surface area (Å²) in [6.45, 7) is -0.191. The largest absolute Gasteiger partial charge is 0.493 e. The molecule has 2 heterocycles. The first-order chi connectivity index (χ1) is 13.2. The zero-order valence-electron chi connectivity index (χ0n) is 15.0. The fourth-order valence-electron chi connectivity index (χ4n) is 2.39. The minimum absolute atomic E-state index is 0.154. The van der Waals surface area contributed by atoms with E-state index in [-0.39, 0.29) is 23.8 Å². The third-order valence-corrected chi connectivity index (χ3v) is 3.64. The monoisotopic (exact) mass is 371 g/mol. The molecule has 1 aromatic carbocycles. The number of carbonyl (C=O) groups excluding carboxylic acids is 1. The number of benzene rings is 1. The predicted molar refractivity (Wildman–Crippen MR) is 92.7 cm³/mol. The molecule has 2 aromatic heterocycles. The summed E-state index contributed by atoms with van der Waals surface area (Å²) in [7, 11) is 4.37. The fraction of sp³-hybridized carbons (Fsp3) is 0.222. The number of nitrogens with zero attached hydrogens (tertiary/aromatic N) is 3. The summed E-state index contributed by atoms with van der Waals surface area (Å²) in [5.41, 5.74) is 0.877. The molecule has 0 aliphatic rings. The standard InChI is InChI=1S/C18H17N3O6/c1-23-13-7-6-12(15(24-2)16(13)25-3)18(22)26-10-14-20-17(21-27-14)11-5-4-8-19-9-11/h4-9H,10H2,1-3H3. The minimum Gasteiger partial charge on any atom is -0.493 e. The second-order valence-corrected chi connectivity index (χ2v) is 5.21. The summed E-state index contributed by atoms with van der Waals surface area (Å²) in [4.78, 5) is 20.6. The van der Waals surface area contributed by atoms with Gasteiger partial charge in [0.25, 0.3) is 5.89 Å². The third-order valence-electron chi connectivity index (χ3n) is 3.64. The second kappa shape index (κ2) is 8.17. The molecule has 0 radical (unpaired) electrons. The number of carbonyl (C=O) groups is 1. The van der Waals surface area contributed by atoms with Crippen molar-refractivity contribution >= 4 is 5.97 Å². The van der Waals surface area contributed by atoms with Gasteiger partial charge in [0.05, 0.1) is 21.3 Å². The Labute approximate surface area is 154 Å². The molecule has 0 saturated carbocycles. The van der Waals surface area contributed by atoms with E-state index < -0.39 is 5.97 Å². The van der Waals surface area contributed by atoms with Crippen molar-refractivity contribution in [3.63, 3.8) is 0 Å². The molecule has 0 bridgehead atoms. The van der Waals surface area contributed by atoms with Crippen molar-refractivity contribution in [2.45, 2.75) is 6.61 Å². The normalized spacial score (nSPS) is 10.3. The highest BCUT2D eigenvalue weighted by Crippen LogP contribution is 2.40. The van der Waals surface area contributed by atoms with Gasteiger partial charge in [0.1, 0.15) is 5.56 Å². The van der Waals surface area contributed by atoms with Crippen molar-refractivity contribution in [3.8, 4) is 28.6 Å². The maximum atomic E-state index is 12.4. The van der Waals surface area contributed by atoms with Gasteiger partial charge in [0, 0.05) is 18.0 Å². The molecule has 0 amide bonds. The van der Waals surface area contributed by atoms with E-state index in [1.165, 1.54) is 27.4 Å². The lowest BCUT2D eigenvalue weighted by Gasteiger charge is -2.14. The predicted octanol–water partition coefficient (Wildman–Crippen LogP) is 2.51. The lowest BCUT2D eigenvalue weighted by atomic mass is 10.1. The average Bonchev–Trinajstić information content (AvgIpc) is 3.20. The van der Waals surface area contributed by atoms with Gasteiger partial charge in [-0.25, -0.2) is 4.79 Å². The van der Waals surface area contributed by atoms with Crippen LogP contribution in [0.25, 0.3) is 11.4 Å². The minimum atomic E-state index is -0.631. The first-order valence-corrected chi connectivity index (χ1v) is 7.87. The van der Waals surface area contributed by atoms with Gasteiger partial charge in [0.2, 0.25) is 11.6 Å². The van der Waals surface area contributed by atoms with E-state index in [4.69, 9.17) is 23.5 Å². The summed E-state index contributed by atoms with van der Waals surface area (Å²) >= 11 is 0. The smallest absolute Gasteiger partial charge is 0.342 e. The molecule has 0 saturated heterocycles. The van der Waals surface area contributed by atoms with Gasteiger partial charge in [-0.1, -0.05) is 5.16 Å². The van der Waals surface area contributed by atoms with Crippen LogP contribution in [0.4, 0.5) is 0 Å². The Morgan fingerprint density at radius 1 is 1.07 bits per heavy atom. The number of hydrogen-bond donors (Lipinski definition) is 0. The van der Waals surface area contributed by atoms with Crippen molar-refractivity contribution < 1.29 is 28.3 Å². The van der Waals surface area contributed by atoms with E-state index in [1.807, 2.05) is 0 Å². The van der Waals surface area contributed by atoms with E-state index in [0.717, 1.165) is 0 Å². The van der Waals surface area contributed by atoms with Gasteiger partial charge >= 0.3 is 5.97 Å². The fourth-order valence-corrected chi connectivity index (χ4v) is 2.39. The molecule has 0 spiro atoms. The van der Waals surface area contributed by atoms with Crippen molar-refractivity contribution in [2.24, 2.45) is 0 Å².